The zero-order valence-electron chi connectivity index (χ0n) is 11.6. The van der Waals surface area contributed by atoms with Crippen molar-refractivity contribution in [3.8, 4) is 5.75 Å². The van der Waals surface area contributed by atoms with E-state index in [0.29, 0.717) is 19.4 Å². The molecule has 0 aliphatic carbocycles. The van der Waals surface area contributed by atoms with E-state index in [1.807, 2.05) is 20.8 Å². The number of carbonyl (C=O) groups excluding carboxylic acids is 1. The van der Waals surface area contributed by atoms with Crippen molar-refractivity contribution in [3.05, 3.63) is 22.8 Å². The van der Waals surface area contributed by atoms with Crippen LogP contribution in [0.4, 0.5) is 5.69 Å². The molecule has 0 heterocycles. The molecule has 0 aliphatic heterocycles. The Morgan fingerprint density at radius 3 is 2.56 bits per heavy atom. The molecule has 0 radical (unpaired) electrons. The molecule has 0 spiro atoms. The molecule has 0 aromatic heterocycles. The first kappa shape index (κ1) is 14.5. The van der Waals surface area contributed by atoms with Crippen LogP contribution in [0.25, 0.3) is 0 Å². The number of nitrogens with one attached hydrogen (secondary N) is 1. The summed E-state index contributed by atoms with van der Waals surface area (Å²) >= 11 is 0. The van der Waals surface area contributed by atoms with E-state index in [-0.39, 0.29) is 5.91 Å². The molecular formula is C14H22N2O2. The predicted molar refractivity (Wildman–Crippen MR) is 74.1 cm³/mol. The second-order valence-corrected chi connectivity index (χ2v) is 4.48. The van der Waals surface area contributed by atoms with Gasteiger partial charge in [-0.3, -0.25) is 4.79 Å². The molecule has 0 fully saturated rings. The molecule has 3 N–H and O–H groups in total. The molecule has 0 unspecified atom stereocenters. The third-order valence-electron chi connectivity index (χ3n) is 3.06. The molecule has 18 heavy (non-hydrogen) atoms. The van der Waals surface area contributed by atoms with E-state index in [2.05, 4.69) is 11.4 Å². The van der Waals surface area contributed by atoms with Crippen molar-refractivity contribution in [1.29, 1.82) is 0 Å². The lowest BCUT2D eigenvalue weighted by Gasteiger charge is -2.17. The van der Waals surface area contributed by atoms with E-state index in [4.69, 9.17) is 10.5 Å². The smallest absolute Gasteiger partial charge is 0.224 e. The lowest BCUT2D eigenvalue weighted by atomic mass is 10.0. The average molecular weight is 250 g/mol. The van der Waals surface area contributed by atoms with Gasteiger partial charge in [-0.1, -0.05) is 6.07 Å². The van der Waals surface area contributed by atoms with Crippen LogP contribution in [-0.2, 0) is 4.79 Å². The van der Waals surface area contributed by atoms with Crippen LogP contribution in [-0.4, -0.2) is 19.6 Å². The molecule has 0 saturated carbocycles. The highest BCUT2D eigenvalue weighted by molar-refractivity contribution is 5.93. The van der Waals surface area contributed by atoms with Crippen LogP contribution in [0.3, 0.4) is 0 Å². The van der Waals surface area contributed by atoms with Gasteiger partial charge in [-0.05, 0) is 50.4 Å². The fourth-order valence-corrected chi connectivity index (χ4v) is 1.93. The molecule has 4 nitrogen and oxygen atoms in total. The summed E-state index contributed by atoms with van der Waals surface area (Å²) in [6.07, 6.45) is 1.13. The fourth-order valence-electron chi connectivity index (χ4n) is 1.93. The molecule has 0 saturated heterocycles. The van der Waals surface area contributed by atoms with Crippen LogP contribution in [0, 0.1) is 20.8 Å². The monoisotopic (exact) mass is 250 g/mol. The number of ether oxygens (including phenoxy) is 1. The lowest BCUT2D eigenvalue weighted by molar-refractivity contribution is -0.116. The summed E-state index contributed by atoms with van der Waals surface area (Å²) < 4.78 is 5.40. The maximum Gasteiger partial charge on any atom is 0.224 e. The SMILES string of the molecule is COc1c(C)c(C)cc(C)c1NC(=O)CCCN. The minimum atomic E-state index is -0.0231. The maximum absolute atomic E-state index is 11.8. The molecule has 1 aromatic rings. The van der Waals surface area contributed by atoms with E-state index < -0.39 is 0 Å². The van der Waals surface area contributed by atoms with Gasteiger partial charge in [0, 0.05) is 6.42 Å². The van der Waals surface area contributed by atoms with Gasteiger partial charge in [0.05, 0.1) is 12.8 Å². The number of hydrogen-bond donors (Lipinski definition) is 2. The van der Waals surface area contributed by atoms with Crippen molar-refractivity contribution in [3.63, 3.8) is 0 Å². The van der Waals surface area contributed by atoms with Crippen LogP contribution in [0.1, 0.15) is 29.5 Å². The average Bonchev–Trinajstić information content (AvgIpc) is 2.34. The first-order valence-corrected chi connectivity index (χ1v) is 6.16. The first-order chi connectivity index (χ1) is 8.51. The largest absolute Gasteiger partial charge is 0.494 e. The topological polar surface area (TPSA) is 64.3 Å². The maximum atomic E-state index is 11.8. The zero-order valence-corrected chi connectivity index (χ0v) is 11.6. The highest BCUT2D eigenvalue weighted by Crippen LogP contribution is 2.34. The Bertz CT molecular complexity index is 442. The third-order valence-corrected chi connectivity index (χ3v) is 3.06. The van der Waals surface area contributed by atoms with Crippen molar-refractivity contribution in [2.75, 3.05) is 19.0 Å². The number of anilines is 1. The second-order valence-electron chi connectivity index (χ2n) is 4.48. The Balaban J connectivity index is 3.01. The predicted octanol–water partition coefficient (Wildman–Crippen LogP) is 2.30. The number of nitrogens with two attached hydrogens (primary N) is 1. The number of methoxy groups -OCH3 is 1. The van der Waals surface area contributed by atoms with Gasteiger partial charge >= 0.3 is 0 Å². The van der Waals surface area contributed by atoms with E-state index in [0.717, 1.165) is 28.1 Å². The molecule has 4 heteroatoms. The summed E-state index contributed by atoms with van der Waals surface area (Å²) in [6.45, 7) is 6.51. The van der Waals surface area contributed by atoms with Crippen molar-refractivity contribution >= 4 is 11.6 Å². The minimum absolute atomic E-state index is 0.0231. The van der Waals surface area contributed by atoms with Crippen LogP contribution < -0.4 is 15.8 Å². The Morgan fingerprint density at radius 2 is 2.00 bits per heavy atom. The normalized spacial score (nSPS) is 10.3. The van der Waals surface area contributed by atoms with Gasteiger partial charge in [-0.15, -0.1) is 0 Å². The number of hydrogen-bond acceptors (Lipinski definition) is 3. The molecule has 0 aliphatic rings. The lowest BCUT2D eigenvalue weighted by Crippen LogP contribution is -2.15. The Hall–Kier alpha value is -1.55. The van der Waals surface area contributed by atoms with Crippen LogP contribution in [0.2, 0.25) is 0 Å². The Morgan fingerprint density at radius 1 is 1.33 bits per heavy atom. The molecule has 1 aromatic carbocycles. The standard InChI is InChI=1S/C14H22N2O2/c1-9-8-10(2)13(14(18-4)11(9)3)16-12(17)6-5-7-15/h8H,5-7,15H2,1-4H3,(H,16,17). The summed E-state index contributed by atoms with van der Waals surface area (Å²) in [5, 5.41) is 2.91. The summed E-state index contributed by atoms with van der Waals surface area (Å²) in [7, 11) is 1.62. The highest BCUT2D eigenvalue weighted by atomic mass is 16.5. The number of benzene rings is 1. The van der Waals surface area contributed by atoms with Crippen molar-refractivity contribution in [2.24, 2.45) is 5.73 Å². The van der Waals surface area contributed by atoms with Gasteiger partial charge < -0.3 is 15.8 Å². The van der Waals surface area contributed by atoms with E-state index in [1.165, 1.54) is 0 Å². The van der Waals surface area contributed by atoms with E-state index in [1.54, 1.807) is 7.11 Å². The molecule has 1 amide bonds. The molecule has 0 atom stereocenters. The van der Waals surface area contributed by atoms with Gasteiger partial charge in [0.2, 0.25) is 5.91 Å². The van der Waals surface area contributed by atoms with Gasteiger partial charge in [0.25, 0.3) is 0 Å². The Kier molecular flexibility index (Phi) is 5.16. The number of aryl methyl sites for hydroxylation is 2. The quantitative estimate of drug-likeness (QED) is 0.842. The second kappa shape index (κ2) is 6.40. The number of rotatable bonds is 5. The molecule has 0 bridgehead atoms. The van der Waals surface area contributed by atoms with Crippen LogP contribution in [0.15, 0.2) is 6.07 Å². The summed E-state index contributed by atoms with van der Waals surface area (Å²) in [4.78, 5) is 11.8. The van der Waals surface area contributed by atoms with E-state index >= 15 is 0 Å². The molecular weight excluding hydrogens is 228 g/mol. The van der Waals surface area contributed by atoms with Crippen molar-refractivity contribution in [2.45, 2.75) is 33.6 Å². The zero-order chi connectivity index (χ0) is 13.7. The van der Waals surface area contributed by atoms with Gasteiger partial charge in [-0.25, -0.2) is 0 Å². The highest BCUT2D eigenvalue weighted by Gasteiger charge is 2.14. The van der Waals surface area contributed by atoms with Gasteiger partial charge in [0.15, 0.2) is 0 Å². The van der Waals surface area contributed by atoms with Gasteiger partial charge in [-0.2, -0.15) is 0 Å². The van der Waals surface area contributed by atoms with Gasteiger partial charge in [0.1, 0.15) is 5.75 Å². The van der Waals surface area contributed by atoms with Crippen molar-refractivity contribution < 1.29 is 9.53 Å². The minimum Gasteiger partial charge on any atom is -0.494 e. The number of amides is 1. The Labute approximate surface area is 109 Å². The first-order valence-electron chi connectivity index (χ1n) is 6.16. The third kappa shape index (κ3) is 3.23. The summed E-state index contributed by atoms with van der Waals surface area (Å²) in [5.41, 5.74) is 9.38. The van der Waals surface area contributed by atoms with Crippen LogP contribution in [0.5, 0.6) is 5.75 Å². The van der Waals surface area contributed by atoms with Crippen molar-refractivity contribution in [1.82, 2.24) is 0 Å². The summed E-state index contributed by atoms with van der Waals surface area (Å²) in [5.74, 6) is 0.721. The molecule has 1 rings (SSSR count). The molecule has 100 valence electrons. The number of carbonyl (C=O) groups is 1. The van der Waals surface area contributed by atoms with E-state index in [9.17, 15) is 4.79 Å². The fraction of sp³-hybridized carbons (Fsp3) is 0.500. The summed E-state index contributed by atoms with van der Waals surface area (Å²) in [6, 6.07) is 2.05. The van der Waals surface area contributed by atoms with Crippen LogP contribution >= 0.6 is 0 Å².